The highest BCUT2D eigenvalue weighted by Gasteiger charge is 2.31. The van der Waals surface area contributed by atoms with Gasteiger partial charge in [-0.3, -0.25) is 9.69 Å². The van der Waals surface area contributed by atoms with Crippen molar-refractivity contribution in [1.82, 2.24) is 0 Å². The lowest BCUT2D eigenvalue weighted by atomic mass is 9.84. The van der Waals surface area contributed by atoms with Crippen molar-refractivity contribution >= 4 is 43.9 Å². The minimum Gasteiger partial charge on any atom is -0.342 e. The second-order valence-corrected chi connectivity index (χ2v) is 10.6. The summed E-state index contributed by atoms with van der Waals surface area (Å²) in [5, 5.41) is 5.12. The van der Waals surface area contributed by atoms with Crippen LogP contribution in [0.4, 0.5) is 11.4 Å². The molecular formula is C27H27N3O3S. The van der Waals surface area contributed by atoms with E-state index in [4.69, 9.17) is 0 Å². The second kappa shape index (κ2) is 9.27. The zero-order valence-corrected chi connectivity index (χ0v) is 20.0. The molecule has 4 rings (SSSR count). The first-order chi connectivity index (χ1) is 16.2. The SMILES string of the molecule is C=C/C=C/N(C(=O)CC(C)(C)CC1=NS(=O)(=O)c2ccccc2N1)c1cccc2ccccc12. The van der Waals surface area contributed by atoms with Crippen LogP contribution in [0.3, 0.4) is 0 Å². The number of amidine groups is 1. The van der Waals surface area contributed by atoms with Gasteiger partial charge in [-0.25, -0.2) is 0 Å². The molecule has 1 heterocycles. The summed E-state index contributed by atoms with van der Waals surface area (Å²) in [7, 11) is -3.78. The number of benzene rings is 3. The van der Waals surface area contributed by atoms with E-state index in [0.717, 1.165) is 16.5 Å². The number of hydrogen-bond donors (Lipinski definition) is 1. The molecule has 174 valence electrons. The molecule has 0 bridgehead atoms. The highest BCUT2D eigenvalue weighted by Crippen LogP contribution is 2.34. The fourth-order valence-corrected chi connectivity index (χ4v) is 5.26. The molecule has 0 aliphatic carbocycles. The van der Waals surface area contributed by atoms with Gasteiger partial charge in [0.2, 0.25) is 5.91 Å². The molecule has 0 fully saturated rings. The molecule has 1 aliphatic rings. The third-order valence-electron chi connectivity index (χ3n) is 5.62. The number of hydrogen-bond acceptors (Lipinski definition) is 4. The van der Waals surface area contributed by atoms with Gasteiger partial charge in [0.15, 0.2) is 0 Å². The van der Waals surface area contributed by atoms with E-state index in [1.807, 2.05) is 56.3 Å². The minimum atomic E-state index is -3.78. The van der Waals surface area contributed by atoms with Crippen molar-refractivity contribution < 1.29 is 13.2 Å². The average molecular weight is 474 g/mol. The average Bonchev–Trinajstić information content (AvgIpc) is 2.78. The summed E-state index contributed by atoms with van der Waals surface area (Å²) in [5.74, 6) is 0.217. The molecule has 1 N–H and O–H groups in total. The van der Waals surface area contributed by atoms with Crippen LogP contribution in [0, 0.1) is 5.41 Å². The van der Waals surface area contributed by atoms with Crippen LogP contribution in [0.15, 0.2) is 101 Å². The second-order valence-electron chi connectivity index (χ2n) is 8.99. The number of para-hydroxylation sites is 1. The third kappa shape index (κ3) is 4.94. The highest BCUT2D eigenvalue weighted by molar-refractivity contribution is 7.90. The summed E-state index contributed by atoms with van der Waals surface area (Å²) in [6, 6.07) is 20.4. The number of fused-ring (bicyclic) bond motifs is 2. The van der Waals surface area contributed by atoms with E-state index in [-0.39, 0.29) is 17.2 Å². The van der Waals surface area contributed by atoms with Crippen molar-refractivity contribution in [2.75, 3.05) is 10.2 Å². The standard InChI is InChI=1S/C27H27N3O3S/c1-4-5-17-30(23-15-10-12-20-11-6-7-13-21(20)23)26(31)19-27(2,3)18-25-28-22-14-8-9-16-24(22)34(32,33)29-25/h4-17H,1,18-19H2,2-3H3,(H,28,29)/b17-5+. The van der Waals surface area contributed by atoms with E-state index >= 15 is 0 Å². The largest absolute Gasteiger partial charge is 0.342 e. The van der Waals surface area contributed by atoms with Crippen LogP contribution in [0.1, 0.15) is 26.7 Å². The molecule has 7 heteroatoms. The first-order valence-electron chi connectivity index (χ1n) is 11.0. The molecule has 0 saturated carbocycles. The van der Waals surface area contributed by atoms with Crippen molar-refractivity contribution in [3.63, 3.8) is 0 Å². The van der Waals surface area contributed by atoms with Gasteiger partial charge in [-0.1, -0.05) is 75.0 Å². The Morgan fingerprint density at radius 2 is 1.76 bits per heavy atom. The maximum atomic E-state index is 13.5. The van der Waals surface area contributed by atoms with Crippen LogP contribution < -0.4 is 10.2 Å². The Kier molecular flexibility index (Phi) is 6.39. The van der Waals surface area contributed by atoms with Gasteiger partial charge in [0, 0.05) is 24.4 Å². The third-order valence-corrected chi connectivity index (χ3v) is 6.99. The van der Waals surface area contributed by atoms with E-state index in [9.17, 15) is 13.2 Å². The van der Waals surface area contributed by atoms with Crippen molar-refractivity contribution in [2.24, 2.45) is 9.81 Å². The molecule has 34 heavy (non-hydrogen) atoms. The number of sulfonamides is 1. The lowest BCUT2D eigenvalue weighted by molar-refractivity contribution is -0.119. The molecule has 3 aromatic carbocycles. The number of allylic oxidation sites excluding steroid dienone is 2. The van der Waals surface area contributed by atoms with Crippen LogP contribution in [0.25, 0.3) is 10.8 Å². The summed E-state index contributed by atoms with van der Waals surface area (Å²) in [6.45, 7) is 7.59. The topological polar surface area (TPSA) is 78.8 Å². The van der Waals surface area contributed by atoms with Crippen LogP contribution in [0.2, 0.25) is 0 Å². The van der Waals surface area contributed by atoms with Crippen LogP contribution >= 0.6 is 0 Å². The molecule has 0 aromatic heterocycles. The van der Waals surface area contributed by atoms with Crippen molar-refractivity contribution in [1.29, 1.82) is 0 Å². The van der Waals surface area contributed by atoms with Gasteiger partial charge in [-0.2, -0.15) is 8.42 Å². The lowest BCUT2D eigenvalue weighted by Gasteiger charge is -2.29. The number of carbonyl (C=O) groups excluding carboxylic acids is 1. The number of amides is 1. The van der Waals surface area contributed by atoms with Crippen molar-refractivity contribution in [3.05, 3.63) is 91.7 Å². The Hall–Kier alpha value is -3.71. The first-order valence-corrected chi connectivity index (χ1v) is 12.4. The van der Waals surface area contributed by atoms with Gasteiger partial charge in [0.05, 0.1) is 11.4 Å². The van der Waals surface area contributed by atoms with Gasteiger partial charge >= 0.3 is 0 Å². The molecule has 1 amide bonds. The van der Waals surface area contributed by atoms with E-state index in [1.54, 1.807) is 41.5 Å². The molecule has 0 atom stereocenters. The van der Waals surface area contributed by atoms with E-state index in [0.29, 0.717) is 17.9 Å². The fraction of sp³-hybridized carbons (Fsp3) is 0.185. The molecule has 0 radical (unpaired) electrons. The van der Waals surface area contributed by atoms with Crippen molar-refractivity contribution in [3.8, 4) is 0 Å². The Morgan fingerprint density at radius 3 is 2.56 bits per heavy atom. The van der Waals surface area contributed by atoms with Gasteiger partial charge in [0.1, 0.15) is 10.7 Å². The van der Waals surface area contributed by atoms with Gasteiger partial charge in [-0.15, -0.1) is 4.40 Å². The molecular weight excluding hydrogens is 446 g/mol. The summed E-state index contributed by atoms with van der Waals surface area (Å²) in [5.41, 5.74) is 0.720. The Balaban J connectivity index is 1.60. The quantitative estimate of drug-likeness (QED) is 0.434. The lowest BCUT2D eigenvalue weighted by Crippen LogP contribution is -2.33. The van der Waals surface area contributed by atoms with Crippen LogP contribution in [-0.4, -0.2) is 20.2 Å². The summed E-state index contributed by atoms with van der Waals surface area (Å²) < 4.78 is 29.2. The summed E-state index contributed by atoms with van der Waals surface area (Å²) in [6.07, 6.45) is 5.54. The number of carbonyl (C=O) groups is 1. The van der Waals surface area contributed by atoms with Gasteiger partial charge < -0.3 is 5.32 Å². The Morgan fingerprint density at radius 1 is 1.06 bits per heavy atom. The number of anilines is 2. The highest BCUT2D eigenvalue weighted by atomic mass is 32.2. The monoisotopic (exact) mass is 473 g/mol. The number of nitrogens with one attached hydrogen (secondary N) is 1. The summed E-state index contributed by atoms with van der Waals surface area (Å²) >= 11 is 0. The predicted molar refractivity (Wildman–Crippen MR) is 138 cm³/mol. The zero-order chi connectivity index (χ0) is 24.3. The van der Waals surface area contributed by atoms with Crippen LogP contribution in [0.5, 0.6) is 0 Å². The number of rotatable bonds is 7. The molecule has 0 saturated heterocycles. The normalized spacial score (nSPS) is 14.8. The van der Waals surface area contributed by atoms with Gasteiger partial charge in [-0.05, 0) is 35.1 Å². The molecule has 1 aliphatic heterocycles. The number of nitrogens with zero attached hydrogens (tertiary/aromatic N) is 2. The minimum absolute atomic E-state index is 0.112. The zero-order valence-electron chi connectivity index (χ0n) is 19.2. The van der Waals surface area contributed by atoms with E-state index < -0.39 is 15.4 Å². The summed E-state index contributed by atoms with van der Waals surface area (Å²) in [4.78, 5) is 15.3. The van der Waals surface area contributed by atoms with Crippen molar-refractivity contribution in [2.45, 2.75) is 31.6 Å². The van der Waals surface area contributed by atoms with E-state index in [1.165, 1.54) is 6.07 Å². The maximum absolute atomic E-state index is 13.5. The maximum Gasteiger partial charge on any atom is 0.286 e. The predicted octanol–water partition coefficient (Wildman–Crippen LogP) is 5.89. The first kappa shape index (κ1) is 23.4. The molecule has 3 aromatic rings. The molecule has 0 spiro atoms. The molecule has 6 nitrogen and oxygen atoms in total. The Labute approximate surface area is 200 Å². The smallest absolute Gasteiger partial charge is 0.286 e. The fourth-order valence-electron chi connectivity index (χ4n) is 4.12. The molecule has 0 unspecified atom stereocenters. The van der Waals surface area contributed by atoms with Gasteiger partial charge in [0.25, 0.3) is 10.0 Å². The van der Waals surface area contributed by atoms with Crippen LogP contribution in [-0.2, 0) is 14.8 Å². The van der Waals surface area contributed by atoms with E-state index in [2.05, 4.69) is 16.3 Å². The Bertz CT molecular complexity index is 1420.